The van der Waals surface area contributed by atoms with Crippen molar-refractivity contribution in [2.75, 3.05) is 13.1 Å². The molecule has 4 nitrogen and oxygen atoms in total. The zero-order valence-corrected chi connectivity index (χ0v) is 10.1. The summed E-state index contributed by atoms with van der Waals surface area (Å²) < 4.78 is 36.0. The molecule has 0 aromatic carbocycles. The second-order valence-electron chi connectivity index (χ2n) is 4.62. The fourth-order valence-corrected chi connectivity index (χ4v) is 2.11. The Bertz CT molecular complexity index is 343. The molecule has 0 aliphatic carbocycles. The molecule has 1 amide bonds. The minimum Gasteiger partial charge on any atom is -0.481 e. The second-order valence-corrected chi connectivity index (χ2v) is 4.62. The maximum atomic E-state index is 12.0. The summed E-state index contributed by atoms with van der Waals surface area (Å²) in [6.07, 6.45) is -5.45. The second kappa shape index (κ2) is 5.16. The van der Waals surface area contributed by atoms with Gasteiger partial charge in [-0.25, -0.2) is 0 Å². The van der Waals surface area contributed by atoms with Gasteiger partial charge in [0.15, 0.2) is 0 Å². The first-order valence-corrected chi connectivity index (χ1v) is 5.78. The van der Waals surface area contributed by atoms with E-state index in [4.69, 9.17) is 5.11 Å². The van der Waals surface area contributed by atoms with Gasteiger partial charge in [0, 0.05) is 19.5 Å². The quantitative estimate of drug-likeness (QED) is 0.848. The molecule has 1 atom stereocenters. The highest BCUT2D eigenvalue weighted by Crippen LogP contribution is 2.34. The van der Waals surface area contributed by atoms with Gasteiger partial charge in [0.2, 0.25) is 5.91 Å². The number of rotatable bonds is 4. The van der Waals surface area contributed by atoms with Crippen LogP contribution in [0.2, 0.25) is 0 Å². The molecule has 0 aromatic heterocycles. The molecule has 1 unspecified atom stereocenters. The molecule has 0 bridgehead atoms. The number of carboxylic acid groups (broad SMARTS) is 1. The Morgan fingerprint density at radius 1 is 1.39 bits per heavy atom. The fraction of sp³-hybridized carbons (Fsp3) is 0.818. The summed E-state index contributed by atoms with van der Waals surface area (Å²) in [6, 6.07) is 0. The van der Waals surface area contributed by atoms with E-state index in [9.17, 15) is 22.8 Å². The van der Waals surface area contributed by atoms with Crippen LogP contribution in [0.15, 0.2) is 0 Å². The molecule has 1 N–H and O–H groups in total. The minimum absolute atomic E-state index is 0.00945. The predicted octanol–water partition coefficient (Wildman–Crippen LogP) is 2.04. The highest BCUT2D eigenvalue weighted by Gasteiger charge is 2.44. The number of aliphatic carboxylic acids is 1. The van der Waals surface area contributed by atoms with Crippen molar-refractivity contribution in [1.82, 2.24) is 4.90 Å². The summed E-state index contributed by atoms with van der Waals surface area (Å²) in [7, 11) is 0. The van der Waals surface area contributed by atoms with Crippen LogP contribution in [0.3, 0.4) is 0 Å². The number of hydrogen-bond donors (Lipinski definition) is 1. The Labute approximate surface area is 103 Å². The van der Waals surface area contributed by atoms with Gasteiger partial charge in [-0.3, -0.25) is 9.59 Å². The topological polar surface area (TPSA) is 57.6 Å². The summed E-state index contributed by atoms with van der Waals surface area (Å²) in [5.41, 5.74) is -0.992. The van der Waals surface area contributed by atoms with Crippen molar-refractivity contribution in [2.45, 2.75) is 38.8 Å². The Kier molecular flexibility index (Phi) is 4.24. The van der Waals surface area contributed by atoms with Gasteiger partial charge in [0.05, 0.1) is 11.8 Å². The highest BCUT2D eigenvalue weighted by atomic mass is 19.4. The van der Waals surface area contributed by atoms with E-state index in [2.05, 4.69) is 0 Å². The average Bonchev–Trinajstić information content (AvgIpc) is 2.70. The Balaban J connectivity index is 2.56. The smallest absolute Gasteiger partial charge is 0.389 e. The number of alkyl halides is 3. The summed E-state index contributed by atoms with van der Waals surface area (Å²) >= 11 is 0. The van der Waals surface area contributed by atoms with E-state index in [1.54, 1.807) is 6.92 Å². The van der Waals surface area contributed by atoms with Crippen LogP contribution in [0.25, 0.3) is 0 Å². The number of carboxylic acids is 1. The van der Waals surface area contributed by atoms with E-state index in [0.717, 1.165) is 0 Å². The molecule has 0 aromatic rings. The van der Waals surface area contributed by atoms with Crippen LogP contribution >= 0.6 is 0 Å². The maximum Gasteiger partial charge on any atom is 0.389 e. The predicted molar refractivity (Wildman–Crippen MR) is 56.8 cm³/mol. The molecule has 0 spiro atoms. The summed E-state index contributed by atoms with van der Waals surface area (Å²) in [4.78, 5) is 23.9. The third-order valence-corrected chi connectivity index (χ3v) is 3.46. The van der Waals surface area contributed by atoms with E-state index < -0.39 is 36.3 Å². The Morgan fingerprint density at radius 3 is 2.39 bits per heavy atom. The lowest BCUT2D eigenvalue weighted by atomic mass is 9.84. The van der Waals surface area contributed by atoms with E-state index in [1.165, 1.54) is 4.90 Å². The van der Waals surface area contributed by atoms with Crippen LogP contribution < -0.4 is 0 Å². The van der Waals surface area contributed by atoms with Crippen molar-refractivity contribution in [3.8, 4) is 0 Å². The molecule has 1 fully saturated rings. The average molecular weight is 267 g/mol. The van der Waals surface area contributed by atoms with Crippen molar-refractivity contribution in [2.24, 2.45) is 5.41 Å². The third-order valence-electron chi connectivity index (χ3n) is 3.46. The first-order chi connectivity index (χ1) is 8.20. The van der Waals surface area contributed by atoms with E-state index in [1.807, 2.05) is 0 Å². The molecule has 1 aliphatic heterocycles. The Morgan fingerprint density at radius 2 is 2.00 bits per heavy atom. The van der Waals surface area contributed by atoms with E-state index in [-0.39, 0.29) is 13.1 Å². The van der Waals surface area contributed by atoms with Crippen molar-refractivity contribution >= 4 is 11.9 Å². The molecule has 7 heteroatoms. The molecule has 0 saturated carbocycles. The Hall–Kier alpha value is -1.27. The lowest BCUT2D eigenvalue weighted by Crippen LogP contribution is -2.36. The summed E-state index contributed by atoms with van der Waals surface area (Å²) in [5, 5.41) is 9.10. The molecular weight excluding hydrogens is 251 g/mol. The zero-order chi connectivity index (χ0) is 14.0. The van der Waals surface area contributed by atoms with Crippen LogP contribution in [0.5, 0.6) is 0 Å². The highest BCUT2D eigenvalue weighted by molar-refractivity contribution is 5.80. The van der Waals surface area contributed by atoms with Gasteiger partial charge in [-0.15, -0.1) is 0 Å². The van der Waals surface area contributed by atoms with Gasteiger partial charge in [0.1, 0.15) is 0 Å². The van der Waals surface area contributed by atoms with Crippen LogP contribution in [0.4, 0.5) is 13.2 Å². The molecular formula is C11H16F3NO3. The normalized spacial score (nSPS) is 24.3. The molecule has 0 radical (unpaired) electrons. The monoisotopic (exact) mass is 267 g/mol. The number of amides is 1. The number of hydrogen-bond acceptors (Lipinski definition) is 2. The molecule has 18 heavy (non-hydrogen) atoms. The number of carbonyl (C=O) groups is 2. The van der Waals surface area contributed by atoms with Crippen molar-refractivity contribution in [3.63, 3.8) is 0 Å². The summed E-state index contributed by atoms with van der Waals surface area (Å²) in [5.74, 6) is -1.61. The first-order valence-electron chi connectivity index (χ1n) is 5.78. The number of likely N-dealkylation sites (tertiary alicyclic amines) is 1. The molecule has 1 rings (SSSR count). The van der Waals surface area contributed by atoms with Crippen molar-refractivity contribution in [1.29, 1.82) is 0 Å². The van der Waals surface area contributed by atoms with Crippen LogP contribution in [-0.4, -0.2) is 41.1 Å². The minimum atomic E-state index is -4.36. The van der Waals surface area contributed by atoms with E-state index >= 15 is 0 Å². The lowest BCUT2D eigenvalue weighted by Gasteiger charge is -2.23. The van der Waals surface area contributed by atoms with Gasteiger partial charge >= 0.3 is 12.1 Å². The summed E-state index contributed by atoms with van der Waals surface area (Å²) in [6.45, 7) is 1.93. The largest absolute Gasteiger partial charge is 0.481 e. The van der Waals surface area contributed by atoms with Gasteiger partial charge in [-0.2, -0.15) is 13.2 Å². The number of nitrogens with zero attached hydrogens (tertiary/aromatic N) is 1. The molecule has 1 heterocycles. The van der Waals surface area contributed by atoms with Gasteiger partial charge < -0.3 is 10.0 Å². The van der Waals surface area contributed by atoms with Crippen LogP contribution in [0, 0.1) is 5.41 Å². The number of halogens is 3. The molecule has 104 valence electrons. The zero-order valence-electron chi connectivity index (χ0n) is 10.1. The van der Waals surface area contributed by atoms with Crippen molar-refractivity contribution < 1.29 is 27.9 Å². The van der Waals surface area contributed by atoms with Gasteiger partial charge in [-0.05, 0) is 12.8 Å². The van der Waals surface area contributed by atoms with E-state index in [0.29, 0.717) is 12.8 Å². The van der Waals surface area contributed by atoms with Gasteiger partial charge in [0.25, 0.3) is 0 Å². The van der Waals surface area contributed by atoms with Crippen LogP contribution in [0.1, 0.15) is 32.6 Å². The van der Waals surface area contributed by atoms with Crippen LogP contribution in [-0.2, 0) is 9.59 Å². The SMILES string of the molecule is CCC1(C(=O)O)CCN(C(=O)CCC(F)(F)F)C1. The first kappa shape index (κ1) is 14.8. The lowest BCUT2D eigenvalue weighted by molar-refractivity contribution is -0.151. The molecule has 1 saturated heterocycles. The third kappa shape index (κ3) is 3.36. The van der Waals surface area contributed by atoms with Gasteiger partial charge in [-0.1, -0.05) is 6.92 Å². The number of carbonyl (C=O) groups excluding carboxylic acids is 1. The maximum absolute atomic E-state index is 12.0. The van der Waals surface area contributed by atoms with Crippen molar-refractivity contribution in [3.05, 3.63) is 0 Å². The standard InChI is InChI=1S/C11H16F3NO3/c1-2-10(9(17)18)5-6-15(7-10)8(16)3-4-11(12,13)14/h2-7H2,1H3,(H,17,18). The molecule has 1 aliphatic rings. The fourth-order valence-electron chi connectivity index (χ4n) is 2.11.